The van der Waals surface area contributed by atoms with Crippen molar-refractivity contribution < 1.29 is 18.7 Å². The molecule has 0 spiro atoms. The van der Waals surface area contributed by atoms with Gasteiger partial charge in [0.25, 0.3) is 0 Å². The molecule has 0 aliphatic carbocycles. The van der Waals surface area contributed by atoms with E-state index in [0.29, 0.717) is 22.3 Å². The molecule has 0 amide bonds. The second kappa shape index (κ2) is 6.58. The number of rotatable bonds is 4. The highest BCUT2D eigenvalue weighted by Crippen LogP contribution is 2.31. The second-order valence-corrected chi connectivity index (χ2v) is 5.32. The van der Waals surface area contributed by atoms with Crippen LogP contribution in [0.5, 0.6) is 5.75 Å². The highest BCUT2D eigenvalue weighted by Gasteiger charge is 2.18. The topological polar surface area (TPSA) is 65.7 Å². The molecule has 0 aliphatic heterocycles. The summed E-state index contributed by atoms with van der Waals surface area (Å²) in [5.41, 5.74) is 1.92. The van der Waals surface area contributed by atoms with Crippen molar-refractivity contribution >= 4 is 16.9 Å². The number of carbonyl (C=O) groups excluding carboxylic acids is 1. The molecule has 0 radical (unpaired) electrons. The summed E-state index contributed by atoms with van der Waals surface area (Å²) in [5.74, 6) is -0.275. The lowest BCUT2D eigenvalue weighted by molar-refractivity contribution is -0.142. The van der Waals surface area contributed by atoms with E-state index >= 15 is 0 Å². The molecular formula is C19H16O5. The van der Waals surface area contributed by atoms with Crippen LogP contribution in [0.25, 0.3) is 22.3 Å². The maximum atomic E-state index is 12.8. The Labute approximate surface area is 138 Å². The highest BCUT2D eigenvalue weighted by molar-refractivity contribution is 5.82. The molecule has 0 bridgehead atoms. The molecular weight excluding hydrogens is 308 g/mol. The van der Waals surface area contributed by atoms with Gasteiger partial charge in [0.2, 0.25) is 11.2 Å². The van der Waals surface area contributed by atoms with Crippen LogP contribution in [0.2, 0.25) is 0 Å². The predicted molar refractivity (Wildman–Crippen MR) is 90.2 cm³/mol. The molecule has 0 N–H and O–H groups in total. The summed E-state index contributed by atoms with van der Waals surface area (Å²) >= 11 is 0. The van der Waals surface area contributed by atoms with Gasteiger partial charge in [-0.15, -0.1) is 0 Å². The molecule has 122 valence electrons. The lowest BCUT2D eigenvalue weighted by atomic mass is 10.1. The Morgan fingerprint density at radius 3 is 2.50 bits per heavy atom. The number of methoxy groups -OCH3 is 1. The Balaban J connectivity index is 2.19. The Morgan fingerprint density at radius 1 is 1.08 bits per heavy atom. The first-order valence-corrected chi connectivity index (χ1v) is 7.42. The van der Waals surface area contributed by atoms with E-state index in [-0.39, 0.29) is 17.8 Å². The van der Waals surface area contributed by atoms with Gasteiger partial charge in [0.05, 0.1) is 12.5 Å². The fourth-order valence-corrected chi connectivity index (χ4v) is 2.34. The molecule has 2 aromatic carbocycles. The summed E-state index contributed by atoms with van der Waals surface area (Å²) < 4.78 is 15.9. The van der Waals surface area contributed by atoms with Crippen molar-refractivity contribution in [3.8, 4) is 17.1 Å². The molecule has 0 unspecified atom stereocenters. The Morgan fingerprint density at radius 2 is 1.79 bits per heavy atom. The van der Waals surface area contributed by atoms with E-state index in [1.807, 2.05) is 31.2 Å². The third kappa shape index (κ3) is 3.01. The number of hydrogen-bond donors (Lipinski definition) is 0. The van der Waals surface area contributed by atoms with Gasteiger partial charge in [0, 0.05) is 5.56 Å². The first-order valence-electron chi connectivity index (χ1n) is 7.42. The van der Waals surface area contributed by atoms with Gasteiger partial charge >= 0.3 is 5.97 Å². The Hall–Kier alpha value is -3.08. The summed E-state index contributed by atoms with van der Waals surface area (Å²) in [6, 6.07) is 14.4. The maximum Gasteiger partial charge on any atom is 0.343 e. The van der Waals surface area contributed by atoms with Crippen molar-refractivity contribution in [3.05, 3.63) is 64.3 Å². The number of ether oxygens (including phenoxy) is 2. The van der Waals surface area contributed by atoms with Crippen molar-refractivity contribution in [2.45, 2.75) is 6.92 Å². The fraction of sp³-hybridized carbons (Fsp3) is 0.158. The number of esters is 1. The maximum absolute atomic E-state index is 12.8. The zero-order valence-corrected chi connectivity index (χ0v) is 13.4. The molecule has 0 atom stereocenters. The number of carbonyl (C=O) groups is 1. The van der Waals surface area contributed by atoms with Gasteiger partial charge in [-0.1, -0.05) is 42.0 Å². The van der Waals surface area contributed by atoms with Crippen LogP contribution >= 0.6 is 0 Å². The zero-order valence-electron chi connectivity index (χ0n) is 13.4. The highest BCUT2D eigenvalue weighted by atomic mass is 16.6. The van der Waals surface area contributed by atoms with Crippen molar-refractivity contribution in [1.29, 1.82) is 0 Å². The predicted octanol–water partition coefficient (Wildman–Crippen LogP) is 3.32. The molecule has 1 aromatic heterocycles. The van der Waals surface area contributed by atoms with Gasteiger partial charge in [-0.3, -0.25) is 4.79 Å². The molecule has 3 rings (SSSR count). The van der Waals surface area contributed by atoms with Crippen LogP contribution in [0.4, 0.5) is 0 Å². The van der Waals surface area contributed by atoms with Crippen molar-refractivity contribution in [3.63, 3.8) is 0 Å². The van der Waals surface area contributed by atoms with Gasteiger partial charge in [0.15, 0.2) is 12.4 Å². The molecule has 1 heterocycles. The standard InChI is InChI=1S/C19H16O5/c1-12-7-9-13(10-8-12)18-19(23-11-16(20)22-2)17(21)14-5-3-4-6-15(14)24-18/h3-10H,11H2,1-2H3. The number of fused-ring (bicyclic) bond motifs is 1. The zero-order chi connectivity index (χ0) is 17.1. The molecule has 0 saturated carbocycles. The van der Waals surface area contributed by atoms with Crippen LogP contribution in [-0.4, -0.2) is 19.7 Å². The molecule has 3 aromatic rings. The van der Waals surface area contributed by atoms with Gasteiger partial charge in [0.1, 0.15) is 5.58 Å². The van der Waals surface area contributed by atoms with E-state index in [0.717, 1.165) is 5.56 Å². The van der Waals surface area contributed by atoms with E-state index in [4.69, 9.17) is 9.15 Å². The number of para-hydroxylation sites is 1. The van der Waals surface area contributed by atoms with E-state index < -0.39 is 5.97 Å². The smallest absolute Gasteiger partial charge is 0.343 e. The minimum Gasteiger partial charge on any atom is -0.474 e. The summed E-state index contributed by atoms with van der Waals surface area (Å²) in [6.07, 6.45) is 0. The lowest BCUT2D eigenvalue weighted by Gasteiger charge is -2.11. The summed E-state index contributed by atoms with van der Waals surface area (Å²) in [5, 5.41) is 0.397. The molecule has 0 saturated heterocycles. The average molecular weight is 324 g/mol. The quantitative estimate of drug-likeness (QED) is 0.689. The first-order chi connectivity index (χ1) is 11.6. The molecule has 5 nitrogen and oxygen atoms in total. The van der Waals surface area contributed by atoms with Crippen LogP contribution in [0, 0.1) is 6.92 Å². The van der Waals surface area contributed by atoms with Crippen molar-refractivity contribution in [2.24, 2.45) is 0 Å². The van der Waals surface area contributed by atoms with Crippen molar-refractivity contribution in [1.82, 2.24) is 0 Å². The second-order valence-electron chi connectivity index (χ2n) is 5.32. The van der Waals surface area contributed by atoms with Gasteiger partial charge < -0.3 is 13.9 Å². The molecule has 5 heteroatoms. The van der Waals surface area contributed by atoms with E-state index in [2.05, 4.69) is 4.74 Å². The van der Waals surface area contributed by atoms with Gasteiger partial charge in [-0.25, -0.2) is 4.79 Å². The average Bonchev–Trinajstić information content (AvgIpc) is 2.61. The third-order valence-electron chi connectivity index (χ3n) is 3.63. The first kappa shape index (κ1) is 15.8. The van der Waals surface area contributed by atoms with Crippen LogP contribution in [0.15, 0.2) is 57.7 Å². The van der Waals surface area contributed by atoms with Gasteiger partial charge in [-0.05, 0) is 19.1 Å². The Kier molecular flexibility index (Phi) is 4.33. The number of aryl methyl sites for hydroxylation is 1. The Bertz CT molecular complexity index is 938. The van der Waals surface area contributed by atoms with Crippen LogP contribution in [-0.2, 0) is 9.53 Å². The summed E-state index contributed by atoms with van der Waals surface area (Å²) in [7, 11) is 1.26. The minimum atomic E-state index is -0.572. The summed E-state index contributed by atoms with van der Waals surface area (Å²) in [4.78, 5) is 24.1. The number of benzene rings is 2. The molecule has 24 heavy (non-hydrogen) atoms. The molecule has 0 aliphatic rings. The monoisotopic (exact) mass is 324 g/mol. The summed E-state index contributed by atoms with van der Waals surface area (Å²) in [6.45, 7) is 1.60. The van der Waals surface area contributed by atoms with Crippen molar-refractivity contribution in [2.75, 3.05) is 13.7 Å². The minimum absolute atomic E-state index is 0.00273. The van der Waals surface area contributed by atoms with E-state index in [1.165, 1.54) is 7.11 Å². The number of hydrogen-bond acceptors (Lipinski definition) is 5. The largest absolute Gasteiger partial charge is 0.474 e. The van der Waals surface area contributed by atoms with Crippen LogP contribution in [0.1, 0.15) is 5.56 Å². The van der Waals surface area contributed by atoms with Gasteiger partial charge in [-0.2, -0.15) is 0 Å². The third-order valence-corrected chi connectivity index (χ3v) is 3.63. The van der Waals surface area contributed by atoms with E-state index in [1.54, 1.807) is 24.3 Å². The normalized spacial score (nSPS) is 10.6. The van der Waals surface area contributed by atoms with Crippen LogP contribution in [0.3, 0.4) is 0 Å². The molecule has 0 fully saturated rings. The lowest BCUT2D eigenvalue weighted by Crippen LogP contribution is -2.17. The van der Waals surface area contributed by atoms with Crippen LogP contribution < -0.4 is 10.2 Å². The SMILES string of the molecule is COC(=O)COc1c(-c2ccc(C)cc2)oc2ccccc2c1=O. The fourth-order valence-electron chi connectivity index (χ4n) is 2.34. The van der Waals surface area contributed by atoms with E-state index in [9.17, 15) is 9.59 Å².